The number of benzene rings is 1. The summed E-state index contributed by atoms with van der Waals surface area (Å²) in [7, 11) is 0. The number of aromatic nitrogens is 2. The van der Waals surface area contributed by atoms with Gasteiger partial charge in [0.25, 0.3) is 0 Å². The first-order chi connectivity index (χ1) is 7.99. The van der Waals surface area contributed by atoms with E-state index in [1.54, 1.807) is 0 Å². The quantitative estimate of drug-likeness (QED) is 0.434. The Morgan fingerprint density at radius 1 is 1.06 bits per heavy atom. The van der Waals surface area contributed by atoms with Gasteiger partial charge in [0, 0.05) is 11.6 Å². The van der Waals surface area contributed by atoms with Gasteiger partial charge in [-0.05, 0) is 39.7 Å². The Hall–Kier alpha value is -0.780. The second-order valence-electron chi connectivity index (χ2n) is 3.07. The zero-order chi connectivity index (χ0) is 12.6. The van der Waals surface area contributed by atoms with Crippen molar-refractivity contribution < 1.29 is 8.78 Å². The molecule has 1 aromatic carbocycles. The lowest BCUT2D eigenvalue weighted by Crippen LogP contribution is -1.94. The first-order valence-electron chi connectivity index (χ1n) is 4.33. The molecule has 0 atom stereocenters. The monoisotopic (exact) mass is 338 g/mol. The summed E-state index contributed by atoms with van der Waals surface area (Å²) in [5.74, 6) is -2.02. The zero-order valence-electron chi connectivity index (χ0n) is 8.02. The Kier molecular flexibility index (Phi) is 3.61. The number of halogens is 5. The molecule has 88 valence electrons. The maximum absolute atomic E-state index is 13.7. The van der Waals surface area contributed by atoms with Gasteiger partial charge in [0.05, 0.1) is 10.2 Å². The fraction of sp³-hybridized carbons (Fsp3) is 0. The smallest absolute Gasteiger partial charge is 0.218 e. The van der Waals surface area contributed by atoms with E-state index >= 15 is 0 Å². The van der Waals surface area contributed by atoms with Crippen LogP contribution in [0.3, 0.4) is 0 Å². The SMILES string of the molecule is Fc1c(Br)ccc(-c2cc(Cl)nc(Cl)n2)c1F. The summed E-state index contributed by atoms with van der Waals surface area (Å²) in [4.78, 5) is 7.41. The Morgan fingerprint density at radius 3 is 2.41 bits per heavy atom. The molecule has 2 aromatic rings. The molecule has 0 saturated carbocycles. The van der Waals surface area contributed by atoms with Crippen molar-refractivity contribution in [3.8, 4) is 11.3 Å². The van der Waals surface area contributed by atoms with Crippen molar-refractivity contribution >= 4 is 39.1 Å². The summed E-state index contributed by atoms with van der Waals surface area (Å²) < 4.78 is 27.0. The largest absolute Gasteiger partial charge is 0.224 e. The third kappa shape index (κ3) is 2.56. The maximum atomic E-state index is 13.7. The van der Waals surface area contributed by atoms with E-state index in [9.17, 15) is 8.78 Å². The molecule has 0 bridgehead atoms. The lowest BCUT2D eigenvalue weighted by atomic mass is 10.1. The maximum Gasteiger partial charge on any atom is 0.224 e. The molecular formula is C10H3BrCl2F2N2. The van der Waals surface area contributed by atoms with Crippen LogP contribution in [0.4, 0.5) is 8.78 Å². The number of hydrogen-bond donors (Lipinski definition) is 0. The van der Waals surface area contributed by atoms with Crippen LogP contribution in [0.25, 0.3) is 11.3 Å². The van der Waals surface area contributed by atoms with Gasteiger partial charge in [-0.3, -0.25) is 0 Å². The molecule has 1 heterocycles. The minimum atomic E-state index is -1.02. The lowest BCUT2D eigenvalue weighted by molar-refractivity contribution is 0.506. The highest BCUT2D eigenvalue weighted by atomic mass is 79.9. The average Bonchev–Trinajstić information content (AvgIpc) is 2.24. The van der Waals surface area contributed by atoms with Crippen molar-refractivity contribution in [2.24, 2.45) is 0 Å². The van der Waals surface area contributed by atoms with E-state index in [-0.39, 0.29) is 26.2 Å². The van der Waals surface area contributed by atoms with Crippen LogP contribution in [0.2, 0.25) is 10.4 Å². The molecule has 0 spiro atoms. The molecule has 0 N–H and O–H groups in total. The van der Waals surface area contributed by atoms with Crippen LogP contribution < -0.4 is 0 Å². The van der Waals surface area contributed by atoms with Gasteiger partial charge >= 0.3 is 0 Å². The zero-order valence-corrected chi connectivity index (χ0v) is 11.1. The molecular weight excluding hydrogens is 337 g/mol. The predicted octanol–water partition coefficient (Wildman–Crippen LogP) is 4.49. The molecule has 0 unspecified atom stereocenters. The molecule has 2 nitrogen and oxygen atoms in total. The summed E-state index contributed by atoms with van der Waals surface area (Å²) in [6.07, 6.45) is 0. The lowest BCUT2D eigenvalue weighted by Gasteiger charge is -2.05. The number of rotatable bonds is 1. The minimum absolute atomic E-state index is 0.0306. The Balaban J connectivity index is 2.64. The van der Waals surface area contributed by atoms with Crippen LogP contribution in [0.1, 0.15) is 0 Å². The van der Waals surface area contributed by atoms with Crippen molar-refractivity contribution in [3.63, 3.8) is 0 Å². The summed E-state index contributed by atoms with van der Waals surface area (Å²) in [5.41, 5.74) is 0.0933. The van der Waals surface area contributed by atoms with Gasteiger partial charge in [-0.2, -0.15) is 0 Å². The van der Waals surface area contributed by atoms with Crippen LogP contribution >= 0.6 is 39.1 Å². The highest BCUT2D eigenvalue weighted by molar-refractivity contribution is 9.10. The van der Waals surface area contributed by atoms with Crippen LogP contribution in [-0.4, -0.2) is 9.97 Å². The molecule has 2 rings (SSSR count). The molecule has 7 heteroatoms. The van der Waals surface area contributed by atoms with Crippen LogP contribution in [0, 0.1) is 11.6 Å². The second kappa shape index (κ2) is 4.84. The van der Waals surface area contributed by atoms with Crippen LogP contribution in [-0.2, 0) is 0 Å². The van der Waals surface area contributed by atoms with Gasteiger partial charge in [0.1, 0.15) is 5.15 Å². The normalized spacial score (nSPS) is 10.6. The van der Waals surface area contributed by atoms with E-state index in [0.29, 0.717) is 0 Å². The van der Waals surface area contributed by atoms with Crippen molar-refractivity contribution in [2.45, 2.75) is 0 Å². The Morgan fingerprint density at radius 2 is 1.76 bits per heavy atom. The van der Waals surface area contributed by atoms with Gasteiger partial charge < -0.3 is 0 Å². The highest BCUT2D eigenvalue weighted by Crippen LogP contribution is 2.29. The highest BCUT2D eigenvalue weighted by Gasteiger charge is 2.15. The summed E-state index contributed by atoms with van der Waals surface area (Å²) in [6.45, 7) is 0. The van der Waals surface area contributed by atoms with E-state index < -0.39 is 11.6 Å². The first kappa shape index (κ1) is 12.7. The Bertz CT molecular complexity index is 573. The number of nitrogens with zero attached hydrogens (tertiary/aromatic N) is 2. The fourth-order valence-electron chi connectivity index (χ4n) is 1.25. The van der Waals surface area contributed by atoms with Gasteiger partial charge in [0.15, 0.2) is 11.6 Å². The molecule has 17 heavy (non-hydrogen) atoms. The van der Waals surface area contributed by atoms with Crippen LogP contribution in [0.5, 0.6) is 0 Å². The predicted molar refractivity (Wildman–Crippen MR) is 65.1 cm³/mol. The van der Waals surface area contributed by atoms with E-state index in [4.69, 9.17) is 23.2 Å². The molecule has 1 aromatic heterocycles. The number of hydrogen-bond acceptors (Lipinski definition) is 2. The van der Waals surface area contributed by atoms with Crippen molar-refractivity contribution in [1.29, 1.82) is 0 Å². The van der Waals surface area contributed by atoms with Crippen LogP contribution in [0.15, 0.2) is 22.7 Å². The molecule has 0 fully saturated rings. The standard InChI is InChI=1S/C10H3BrCl2F2N2/c11-5-2-1-4(8(14)9(5)15)6-3-7(12)17-10(13)16-6/h1-3H. The Labute approximate surface area is 114 Å². The van der Waals surface area contributed by atoms with E-state index in [2.05, 4.69) is 25.9 Å². The third-order valence-corrected chi connectivity index (χ3v) is 2.95. The van der Waals surface area contributed by atoms with Gasteiger partial charge in [-0.15, -0.1) is 0 Å². The molecule has 0 aliphatic carbocycles. The van der Waals surface area contributed by atoms with Crippen molar-refractivity contribution in [1.82, 2.24) is 9.97 Å². The van der Waals surface area contributed by atoms with Gasteiger partial charge in [-0.25, -0.2) is 18.7 Å². The average molecular weight is 340 g/mol. The molecule has 0 radical (unpaired) electrons. The summed E-state index contributed by atoms with van der Waals surface area (Å²) in [6, 6.07) is 4.05. The molecule has 0 aliphatic rings. The van der Waals surface area contributed by atoms with E-state index in [0.717, 1.165) is 0 Å². The van der Waals surface area contributed by atoms with Gasteiger partial charge in [-0.1, -0.05) is 11.6 Å². The van der Waals surface area contributed by atoms with E-state index in [1.165, 1.54) is 18.2 Å². The third-order valence-electron chi connectivity index (χ3n) is 1.98. The van der Waals surface area contributed by atoms with Crippen molar-refractivity contribution in [2.75, 3.05) is 0 Å². The topological polar surface area (TPSA) is 25.8 Å². The summed E-state index contributed by atoms with van der Waals surface area (Å²) in [5, 5.41) is -0.0713. The first-order valence-corrected chi connectivity index (χ1v) is 5.88. The molecule has 0 aliphatic heterocycles. The molecule has 0 saturated heterocycles. The van der Waals surface area contributed by atoms with Gasteiger partial charge in [0.2, 0.25) is 5.28 Å². The minimum Gasteiger partial charge on any atom is -0.218 e. The van der Waals surface area contributed by atoms with E-state index in [1.807, 2.05) is 0 Å². The second-order valence-corrected chi connectivity index (χ2v) is 4.65. The summed E-state index contributed by atoms with van der Waals surface area (Å²) >= 11 is 14.1. The fourth-order valence-corrected chi connectivity index (χ4v) is 1.97. The molecule has 0 amide bonds. The van der Waals surface area contributed by atoms with Crippen molar-refractivity contribution in [3.05, 3.63) is 44.7 Å².